The van der Waals surface area contributed by atoms with Crippen LogP contribution in [0.2, 0.25) is 0 Å². The lowest BCUT2D eigenvalue weighted by atomic mass is 10.1. The van der Waals surface area contributed by atoms with Crippen LogP contribution in [0.15, 0.2) is 41.5 Å². The number of amides is 1. The molecule has 158 valence electrons. The van der Waals surface area contributed by atoms with Crippen LogP contribution in [0.3, 0.4) is 0 Å². The number of hydrogen-bond donors (Lipinski definition) is 1. The molecule has 3 rings (SSSR count). The largest absolute Gasteiger partial charge is 0.450 e. The number of nitrogens with one attached hydrogen (secondary N) is 1. The minimum atomic E-state index is -0.229. The highest BCUT2D eigenvalue weighted by Crippen LogP contribution is 2.16. The molecule has 0 spiro atoms. The van der Waals surface area contributed by atoms with Crippen molar-refractivity contribution in [2.75, 3.05) is 45.9 Å². The Bertz CT molecular complexity index is 816. The number of aromatic nitrogens is 1. The third-order valence-corrected chi connectivity index (χ3v) is 4.80. The molecule has 1 N–H and O–H groups in total. The summed E-state index contributed by atoms with van der Waals surface area (Å²) in [6.07, 6.45) is 2.45. The number of fused-ring (bicyclic) bond motifs is 1. The first-order chi connectivity index (χ1) is 13.7. The van der Waals surface area contributed by atoms with Crippen molar-refractivity contribution >= 4 is 46.9 Å². The molecule has 29 heavy (non-hydrogen) atoms. The Kier molecular flexibility index (Phi) is 9.43. The number of nitrogens with zero attached hydrogens (tertiary/aromatic N) is 4. The Labute approximate surface area is 189 Å². The van der Waals surface area contributed by atoms with Crippen LogP contribution in [-0.4, -0.2) is 72.7 Å². The molecule has 1 aliphatic heterocycles. The van der Waals surface area contributed by atoms with Gasteiger partial charge in [0.1, 0.15) is 0 Å². The standard InChI is InChI=1S/C21H29N5O2.HI/c1-3-22-20(25-13-15-26(16-14-25)21(27)28-4-2)24-12-10-18-8-5-7-17-9-6-11-23-19(17)18;/h5-9,11H,3-4,10,12-16H2,1-2H3,(H,22,24);1H. The highest BCUT2D eigenvalue weighted by atomic mass is 127. The lowest BCUT2D eigenvalue weighted by Gasteiger charge is -2.35. The summed E-state index contributed by atoms with van der Waals surface area (Å²) < 4.78 is 5.09. The number of rotatable bonds is 5. The first-order valence-corrected chi connectivity index (χ1v) is 10.0. The SMILES string of the molecule is CCNC(=NCCc1cccc2cccnc12)N1CCN(C(=O)OCC)CC1.I. The van der Waals surface area contributed by atoms with E-state index in [0.717, 1.165) is 42.9 Å². The summed E-state index contributed by atoms with van der Waals surface area (Å²) in [5.41, 5.74) is 2.26. The fourth-order valence-electron chi connectivity index (χ4n) is 3.39. The molecule has 0 bridgehead atoms. The van der Waals surface area contributed by atoms with Crippen LogP contribution < -0.4 is 5.32 Å². The van der Waals surface area contributed by atoms with Gasteiger partial charge < -0.3 is 19.9 Å². The van der Waals surface area contributed by atoms with E-state index in [1.165, 1.54) is 5.56 Å². The van der Waals surface area contributed by atoms with Gasteiger partial charge in [0.05, 0.1) is 12.1 Å². The number of halogens is 1. The molecule has 0 aliphatic carbocycles. The summed E-state index contributed by atoms with van der Waals surface area (Å²) in [5.74, 6) is 0.902. The normalized spacial score (nSPS) is 14.5. The van der Waals surface area contributed by atoms with Crippen molar-refractivity contribution < 1.29 is 9.53 Å². The van der Waals surface area contributed by atoms with Gasteiger partial charge in [0.2, 0.25) is 0 Å². The quantitative estimate of drug-likeness (QED) is 0.380. The number of ether oxygens (including phenoxy) is 1. The minimum Gasteiger partial charge on any atom is -0.450 e. The number of aliphatic imine (C=N–C) groups is 1. The monoisotopic (exact) mass is 511 g/mol. The predicted octanol–water partition coefficient (Wildman–Crippen LogP) is 3.13. The molecule has 1 fully saturated rings. The average molecular weight is 511 g/mol. The number of piperazine rings is 1. The van der Waals surface area contributed by atoms with Crippen LogP contribution in [0.25, 0.3) is 10.9 Å². The minimum absolute atomic E-state index is 0. The van der Waals surface area contributed by atoms with Gasteiger partial charge in [-0.1, -0.05) is 24.3 Å². The predicted molar refractivity (Wildman–Crippen MR) is 127 cm³/mol. The van der Waals surface area contributed by atoms with Crippen molar-refractivity contribution in [3.63, 3.8) is 0 Å². The van der Waals surface area contributed by atoms with E-state index in [0.29, 0.717) is 26.2 Å². The second kappa shape index (κ2) is 11.8. The maximum absolute atomic E-state index is 11.9. The van der Waals surface area contributed by atoms with Gasteiger partial charge in [-0.25, -0.2) is 4.79 Å². The summed E-state index contributed by atoms with van der Waals surface area (Å²) >= 11 is 0. The van der Waals surface area contributed by atoms with Crippen molar-refractivity contribution in [3.8, 4) is 0 Å². The molecular weight excluding hydrogens is 481 g/mol. The van der Waals surface area contributed by atoms with E-state index in [-0.39, 0.29) is 30.1 Å². The Balaban J connectivity index is 0.00000300. The smallest absolute Gasteiger partial charge is 0.409 e. The van der Waals surface area contributed by atoms with E-state index in [1.807, 2.05) is 19.2 Å². The molecule has 1 aliphatic rings. The highest BCUT2D eigenvalue weighted by Gasteiger charge is 2.23. The maximum atomic E-state index is 11.9. The van der Waals surface area contributed by atoms with Crippen molar-refractivity contribution in [3.05, 3.63) is 42.1 Å². The van der Waals surface area contributed by atoms with E-state index in [1.54, 1.807) is 4.90 Å². The molecule has 8 heteroatoms. The van der Waals surface area contributed by atoms with Crippen LogP contribution in [0, 0.1) is 0 Å². The molecule has 7 nitrogen and oxygen atoms in total. The fourth-order valence-corrected chi connectivity index (χ4v) is 3.39. The zero-order valence-corrected chi connectivity index (χ0v) is 19.5. The number of pyridine rings is 1. The molecule has 1 saturated heterocycles. The molecule has 1 aromatic heterocycles. The van der Waals surface area contributed by atoms with Gasteiger partial charge in [-0.2, -0.15) is 0 Å². The summed E-state index contributed by atoms with van der Waals surface area (Å²) in [4.78, 5) is 25.2. The summed E-state index contributed by atoms with van der Waals surface area (Å²) in [6, 6.07) is 10.3. The fraction of sp³-hybridized carbons (Fsp3) is 0.476. The van der Waals surface area contributed by atoms with Gasteiger partial charge in [0, 0.05) is 50.9 Å². The summed E-state index contributed by atoms with van der Waals surface area (Å²) in [7, 11) is 0. The number of hydrogen-bond acceptors (Lipinski definition) is 4. The second-order valence-corrected chi connectivity index (χ2v) is 6.65. The molecule has 1 aromatic carbocycles. The molecule has 0 atom stereocenters. The van der Waals surface area contributed by atoms with Crippen LogP contribution in [0.5, 0.6) is 0 Å². The lowest BCUT2D eigenvalue weighted by molar-refractivity contribution is 0.0914. The zero-order valence-electron chi connectivity index (χ0n) is 17.1. The summed E-state index contributed by atoms with van der Waals surface area (Å²) in [5, 5.41) is 4.53. The molecule has 2 heterocycles. The Morgan fingerprint density at radius 2 is 1.86 bits per heavy atom. The molecule has 1 amide bonds. The third-order valence-electron chi connectivity index (χ3n) is 4.80. The van der Waals surface area contributed by atoms with Crippen molar-refractivity contribution in [1.29, 1.82) is 0 Å². The Morgan fingerprint density at radius 3 is 2.59 bits per heavy atom. The van der Waals surface area contributed by atoms with Crippen molar-refractivity contribution in [1.82, 2.24) is 20.1 Å². The van der Waals surface area contributed by atoms with E-state index in [9.17, 15) is 4.79 Å². The Hall–Kier alpha value is -2.10. The number of carbonyl (C=O) groups excluding carboxylic acids is 1. The lowest BCUT2D eigenvalue weighted by Crippen LogP contribution is -2.54. The topological polar surface area (TPSA) is 70.1 Å². The van der Waals surface area contributed by atoms with Gasteiger partial charge in [-0.15, -0.1) is 24.0 Å². The van der Waals surface area contributed by atoms with E-state index in [2.05, 4.69) is 46.4 Å². The Morgan fingerprint density at radius 1 is 1.14 bits per heavy atom. The van der Waals surface area contributed by atoms with Gasteiger partial charge in [0.25, 0.3) is 0 Å². The number of carbonyl (C=O) groups is 1. The molecule has 2 aromatic rings. The molecule has 0 saturated carbocycles. The van der Waals surface area contributed by atoms with Gasteiger partial charge in [0.15, 0.2) is 5.96 Å². The number of guanidine groups is 1. The number of para-hydroxylation sites is 1. The van der Waals surface area contributed by atoms with E-state index >= 15 is 0 Å². The zero-order chi connectivity index (χ0) is 19.8. The first kappa shape index (κ1) is 23.2. The highest BCUT2D eigenvalue weighted by molar-refractivity contribution is 14.0. The van der Waals surface area contributed by atoms with E-state index in [4.69, 9.17) is 9.73 Å². The van der Waals surface area contributed by atoms with Gasteiger partial charge in [-0.05, 0) is 31.9 Å². The molecule has 0 radical (unpaired) electrons. The van der Waals surface area contributed by atoms with Crippen LogP contribution in [0.1, 0.15) is 19.4 Å². The van der Waals surface area contributed by atoms with Crippen molar-refractivity contribution in [2.45, 2.75) is 20.3 Å². The van der Waals surface area contributed by atoms with Gasteiger partial charge >= 0.3 is 6.09 Å². The van der Waals surface area contributed by atoms with Crippen LogP contribution in [0.4, 0.5) is 4.79 Å². The number of benzene rings is 1. The molecular formula is C21H30IN5O2. The van der Waals surface area contributed by atoms with E-state index < -0.39 is 0 Å². The summed E-state index contributed by atoms with van der Waals surface area (Å²) in [6.45, 7) is 8.61. The average Bonchev–Trinajstić information content (AvgIpc) is 2.73. The van der Waals surface area contributed by atoms with Gasteiger partial charge in [-0.3, -0.25) is 9.98 Å². The third kappa shape index (κ3) is 6.19. The van der Waals surface area contributed by atoms with Crippen molar-refractivity contribution in [2.24, 2.45) is 4.99 Å². The maximum Gasteiger partial charge on any atom is 0.409 e. The van der Waals surface area contributed by atoms with Crippen LogP contribution >= 0.6 is 24.0 Å². The van der Waals surface area contributed by atoms with Crippen LogP contribution in [-0.2, 0) is 11.2 Å². The second-order valence-electron chi connectivity index (χ2n) is 6.65. The first-order valence-electron chi connectivity index (χ1n) is 10.0. The molecule has 0 unspecified atom stereocenters.